The lowest BCUT2D eigenvalue weighted by molar-refractivity contribution is 1.49. The van der Waals surface area contributed by atoms with Gasteiger partial charge in [0, 0.05) is 0 Å². The first kappa shape index (κ1) is 10.9. The van der Waals surface area contributed by atoms with Gasteiger partial charge in [-0.3, -0.25) is 0 Å². The number of rotatable bonds is 1. The molecule has 0 radical (unpaired) electrons. The highest BCUT2D eigenvalue weighted by Gasteiger charge is 2.18. The summed E-state index contributed by atoms with van der Waals surface area (Å²) in [5.41, 5.74) is 5.26. The van der Waals surface area contributed by atoms with Crippen LogP contribution in [0, 0.1) is 4.91 Å². The van der Waals surface area contributed by atoms with Gasteiger partial charge in [0.15, 0.2) is 0 Å². The molecule has 1 aromatic carbocycles. The lowest BCUT2D eigenvalue weighted by Crippen LogP contribution is -1.90. The molecule has 1 rings (SSSR count). The maximum absolute atomic E-state index is 10.3. The van der Waals surface area contributed by atoms with Gasteiger partial charge in [0.25, 0.3) is 0 Å². The second-order valence-corrected chi connectivity index (χ2v) is 3.62. The third-order valence-electron chi connectivity index (χ3n) is 1.37. The molecular weight excluding hydrogens is 258 g/mol. The van der Waals surface area contributed by atoms with Crippen LogP contribution in [0.5, 0.6) is 0 Å². The minimum Gasteiger partial charge on any atom is -0.396 e. The van der Waals surface area contributed by atoms with Gasteiger partial charge in [-0.1, -0.05) is 46.4 Å². The monoisotopic (exact) mass is 258 g/mol. The summed E-state index contributed by atoms with van der Waals surface area (Å²) in [5.74, 6) is 0. The Balaban J connectivity index is 3.66. The Kier molecular flexibility index (Phi) is 3.24. The maximum atomic E-state index is 10.3. The molecule has 0 saturated carbocycles. The quantitative estimate of drug-likeness (QED) is 0.465. The highest BCUT2D eigenvalue weighted by molar-refractivity contribution is 6.52. The molecule has 2 N–H and O–H groups in total. The molecule has 0 aliphatic heterocycles. The lowest BCUT2D eigenvalue weighted by Gasteiger charge is -2.07. The van der Waals surface area contributed by atoms with Crippen molar-refractivity contribution >= 4 is 57.8 Å². The number of anilines is 1. The Morgan fingerprint density at radius 3 is 1.62 bits per heavy atom. The smallest absolute Gasteiger partial charge is 0.148 e. The molecule has 3 nitrogen and oxygen atoms in total. The molecule has 0 spiro atoms. The molecule has 70 valence electrons. The molecule has 0 aromatic heterocycles. The van der Waals surface area contributed by atoms with Crippen LogP contribution < -0.4 is 5.73 Å². The summed E-state index contributed by atoms with van der Waals surface area (Å²) in [6, 6.07) is 0. The molecule has 1 aromatic rings. The van der Waals surface area contributed by atoms with Crippen LogP contribution in [0.15, 0.2) is 5.18 Å². The van der Waals surface area contributed by atoms with Gasteiger partial charge >= 0.3 is 0 Å². The van der Waals surface area contributed by atoms with Crippen LogP contribution >= 0.6 is 46.4 Å². The molecule has 13 heavy (non-hydrogen) atoms. The minimum absolute atomic E-state index is 0.0225. The van der Waals surface area contributed by atoms with E-state index >= 15 is 0 Å². The number of nitrogens with two attached hydrogens (primary N) is 1. The van der Waals surface area contributed by atoms with Crippen molar-refractivity contribution in [1.82, 2.24) is 0 Å². The molecule has 0 amide bonds. The van der Waals surface area contributed by atoms with Gasteiger partial charge in [-0.05, 0) is 5.18 Å². The molecule has 0 saturated heterocycles. The Hall–Kier alpha value is -0.220. The van der Waals surface area contributed by atoms with E-state index in [9.17, 15) is 4.91 Å². The summed E-state index contributed by atoms with van der Waals surface area (Å²) in [6.45, 7) is 0. The molecule has 0 heterocycles. The Bertz CT molecular complexity index is 350. The lowest BCUT2D eigenvalue weighted by atomic mass is 10.3. The fourth-order valence-corrected chi connectivity index (χ4v) is 1.64. The second-order valence-electron chi connectivity index (χ2n) is 2.11. The summed E-state index contributed by atoms with van der Waals surface area (Å²) in [7, 11) is 0. The standard InChI is InChI=1S/C6H2Cl4N2O/c7-1-3(9)6(12-13)4(10)2(8)5(1)11/h11H2. The van der Waals surface area contributed by atoms with E-state index in [0.29, 0.717) is 0 Å². The van der Waals surface area contributed by atoms with E-state index in [4.69, 9.17) is 52.1 Å². The van der Waals surface area contributed by atoms with Crippen molar-refractivity contribution in [2.45, 2.75) is 0 Å². The van der Waals surface area contributed by atoms with Crippen molar-refractivity contribution in [3.63, 3.8) is 0 Å². The molecule has 7 heteroatoms. The van der Waals surface area contributed by atoms with Gasteiger partial charge in [-0.25, -0.2) is 0 Å². The Labute approximate surface area is 93.7 Å². The van der Waals surface area contributed by atoms with E-state index in [2.05, 4.69) is 5.18 Å². The van der Waals surface area contributed by atoms with Crippen molar-refractivity contribution in [2.75, 3.05) is 5.73 Å². The summed E-state index contributed by atoms with van der Waals surface area (Å²) in [4.78, 5) is 10.3. The summed E-state index contributed by atoms with van der Waals surface area (Å²) in [6.07, 6.45) is 0. The van der Waals surface area contributed by atoms with E-state index in [0.717, 1.165) is 0 Å². The number of hydrogen-bond donors (Lipinski definition) is 1. The van der Waals surface area contributed by atoms with Gasteiger partial charge < -0.3 is 5.73 Å². The molecule has 0 atom stereocenters. The largest absolute Gasteiger partial charge is 0.396 e. The number of hydrogen-bond acceptors (Lipinski definition) is 3. The Morgan fingerprint density at radius 2 is 1.31 bits per heavy atom. The summed E-state index contributed by atoms with van der Waals surface area (Å²) < 4.78 is 0. The van der Waals surface area contributed by atoms with Crippen LogP contribution in [0.25, 0.3) is 0 Å². The first-order valence-corrected chi connectivity index (χ1v) is 4.46. The van der Waals surface area contributed by atoms with Crippen LogP contribution in [0.1, 0.15) is 0 Å². The topological polar surface area (TPSA) is 55.4 Å². The van der Waals surface area contributed by atoms with Crippen molar-refractivity contribution in [1.29, 1.82) is 0 Å². The average molecular weight is 260 g/mol. The van der Waals surface area contributed by atoms with E-state index in [-0.39, 0.29) is 31.5 Å². The highest BCUT2D eigenvalue weighted by atomic mass is 35.5. The van der Waals surface area contributed by atoms with E-state index < -0.39 is 0 Å². The molecule has 0 fully saturated rings. The molecular formula is C6H2Cl4N2O. The van der Waals surface area contributed by atoms with Gasteiger partial charge in [0.2, 0.25) is 0 Å². The van der Waals surface area contributed by atoms with Gasteiger partial charge in [-0.2, -0.15) is 0 Å². The zero-order valence-corrected chi connectivity index (χ0v) is 8.97. The molecule has 0 unspecified atom stereocenters. The number of nitrogens with zero attached hydrogens (tertiary/aromatic N) is 1. The fourth-order valence-electron chi connectivity index (χ4n) is 0.717. The van der Waals surface area contributed by atoms with Gasteiger partial charge in [0.05, 0.1) is 25.8 Å². The van der Waals surface area contributed by atoms with Gasteiger partial charge in [0.1, 0.15) is 5.69 Å². The second kappa shape index (κ2) is 3.88. The third kappa shape index (κ3) is 1.70. The first-order valence-electron chi connectivity index (χ1n) is 2.95. The zero-order chi connectivity index (χ0) is 10.2. The van der Waals surface area contributed by atoms with Crippen LogP contribution in [0.2, 0.25) is 20.1 Å². The predicted octanol–water partition coefficient (Wildman–Crippen LogP) is 4.28. The van der Waals surface area contributed by atoms with Crippen LogP contribution in [0.4, 0.5) is 11.4 Å². The molecule has 0 aliphatic carbocycles. The SMILES string of the molecule is Nc1c(Cl)c(Cl)c(N=O)c(Cl)c1Cl. The Morgan fingerprint density at radius 1 is 0.923 bits per heavy atom. The maximum Gasteiger partial charge on any atom is 0.148 e. The van der Waals surface area contributed by atoms with Crippen molar-refractivity contribution < 1.29 is 0 Å². The molecule has 0 aliphatic rings. The fraction of sp³-hybridized carbons (Fsp3) is 0. The minimum atomic E-state index is -0.201. The number of halogens is 4. The van der Waals surface area contributed by atoms with Crippen molar-refractivity contribution in [3.8, 4) is 0 Å². The summed E-state index contributed by atoms with van der Waals surface area (Å²) >= 11 is 22.5. The van der Waals surface area contributed by atoms with Crippen molar-refractivity contribution in [3.05, 3.63) is 25.0 Å². The predicted molar refractivity (Wildman–Crippen MR) is 56.3 cm³/mol. The van der Waals surface area contributed by atoms with Gasteiger partial charge in [-0.15, -0.1) is 4.91 Å². The van der Waals surface area contributed by atoms with E-state index in [1.807, 2.05) is 0 Å². The van der Waals surface area contributed by atoms with E-state index in [1.54, 1.807) is 0 Å². The average Bonchev–Trinajstić information content (AvgIpc) is 2.13. The number of nitrogen functional groups attached to an aromatic ring is 1. The third-order valence-corrected chi connectivity index (χ3v) is 3.08. The highest BCUT2D eigenvalue weighted by Crippen LogP contribution is 2.47. The van der Waals surface area contributed by atoms with Crippen LogP contribution in [-0.4, -0.2) is 0 Å². The first-order chi connectivity index (χ1) is 6.00. The van der Waals surface area contributed by atoms with E-state index in [1.165, 1.54) is 0 Å². The van der Waals surface area contributed by atoms with Crippen LogP contribution in [-0.2, 0) is 0 Å². The summed E-state index contributed by atoms with van der Waals surface area (Å²) in [5, 5.41) is 2.36. The normalized spacial score (nSPS) is 10.2. The zero-order valence-electron chi connectivity index (χ0n) is 5.94. The number of benzene rings is 1. The van der Waals surface area contributed by atoms with Crippen LogP contribution in [0.3, 0.4) is 0 Å². The van der Waals surface area contributed by atoms with Crippen molar-refractivity contribution in [2.24, 2.45) is 5.18 Å². The molecule has 0 bridgehead atoms. The number of nitroso groups, excluding NO2 is 1.